The van der Waals surface area contributed by atoms with E-state index in [-0.39, 0.29) is 0 Å². The molecule has 0 heterocycles. The zero-order chi connectivity index (χ0) is 8.81. The van der Waals surface area contributed by atoms with Crippen LogP contribution in [0.1, 0.15) is 5.56 Å². The molecule has 0 aliphatic heterocycles. The Morgan fingerprint density at radius 2 is 2.00 bits per heavy atom. The van der Waals surface area contributed by atoms with Gasteiger partial charge in [-0.3, -0.25) is 0 Å². The lowest BCUT2D eigenvalue weighted by Crippen LogP contribution is -1.95. The van der Waals surface area contributed by atoms with Crippen molar-refractivity contribution < 1.29 is 9.78 Å². The molecule has 0 fully saturated rings. The predicted molar refractivity (Wildman–Crippen MR) is 48.4 cm³/mol. The van der Waals surface area contributed by atoms with Crippen LogP contribution in [0.3, 0.4) is 0 Å². The highest BCUT2D eigenvalue weighted by molar-refractivity contribution is 5.63. The lowest BCUT2D eigenvalue weighted by Gasteiger charge is -2.03. The third-order valence-electron chi connectivity index (χ3n) is 1.53. The van der Waals surface area contributed by atoms with E-state index in [2.05, 4.69) is 11.5 Å². The van der Waals surface area contributed by atoms with Crippen molar-refractivity contribution in [3.8, 4) is 0 Å². The van der Waals surface area contributed by atoms with Gasteiger partial charge in [-0.2, -0.15) is 0 Å². The Kier molecular flexibility index (Phi) is 3.51. The maximum absolute atomic E-state index is 4.75. The summed E-state index contributed by atoms with van der Waals surface area (Å²) in [4.78, 5) is 9.22. The molecule has 0 atom stereocenters. The lowest BCUT2D eigenvalue weighted by atomic mass is 10.1. The molecule has 0 radical (unpaired) electrons. The van der Waals surface area contributed by atoms with Crippen LogP contribution in [0.15, 0.2) is 36.9 Å². The Balaban J connectivity index is 2.54. The fraction of sp³-hybridized carbons (Fsp3) is 0.200. The molecular formula is C10H12O2. The molecular weight excluding hydrogens is 152 g/mol. The normalized spacial score (nSPS) is 9.75. The Bertz CT molecular complexity index is 241. The number of hydrogen-bond acceptors (Lipinski definition) is 2. The minimum Gasteiger partial charge on any atom is -0.240 e. The summed E-state index contributed by atoms with van der Waals surface area (Å²) in [5.74, 6) is 0. The van der Waals surface area contributed by atoms with Gasteiger partial charge in [0.25, 0.3) is 0 Å². The first-order valence-electron chi connectivity index (χ1n) is 3.73. The van der Waals surface area contributed by atoms with E-state index in [1.54, 1.807) is 0 Å². The van der Waals surface area contributed by atoms with Gasteiger partial charge in [-0.1, -0.05) is 36.9 Å². The van der Waals surface area contributed by atoms with Gasteiger partial charge < -0.3 is 0 Å². The van der Waals surface area contributed by atoms with Crippen molar-refractivity contribution in [1.82, 2.24) is 0 Å². The van der Waals surface area contributed by atoms with Gasteiger partial charge in [0.2, 0.25) is 0 Å². The molecule has 0 saturated heterocycles. The van der Waals surface area contributed by atoms with Crippen molar-refractivity contribution in [3.63, 3.8) is 0 Å². The molecule has 1 rings (SSSR count). The first-order valence-corrected chi connectivity index (χ1v) is 3.73. The lowest BCUT2D eigenvalue weighted by molar-refractivity contribution is -0.261. The number of rotatable bonds is 4. The van der Waals surface area contributed by atoms with Crippen molar-refractivity contribution in [2.75, 3.05) is 13.7 Å². The Hall–Kier alpha value is -1.12. The quantitative estimate of drug-likeness (QED) is 0.502. The maximum Gasteiger partial charge on any atom is 0.107 e. The Morgan fingerprint density at radius 3 is 2.58 bits per heavy atom. The van der Waals surface area contributed by atoms with Crippen LogP contribution in [0.2, 0.25) is 0 Å². The first kappa shape index (κ1) is 8.97. The van der Waals surface area contributed by atoms with E-state index in [0.717, 1.165) is 11.1 Å². The SMILES string of the molecule is C=C(COOC)c1ccccc1. The van der Waals surface area contributed by atoms with Gasteiger partial charge >= 0.3 is 0 Å². The molecule has 64 valence electrons. The maximum atomic E-state index is 4.75. The van der Waals surface area contributed by atoms with Gasteiger partial charge in [0.1, 0.15) is 6.61 Å². The van der Waals surface area contributed by atoms with Crippen LogP contribution in [0.4, 0.5) is 0 Å². The number of hydrogen-bond donors (Lipinski definition) is 0. The smallest absolute Gasteiger partial charge is 0.107 e. The summed E-state index contributed by atoms with van der Waals surface area (Å²) in [6.45, 7) is 4.26. The van der Waals surface area contributed by atoms with Gasteiger partial charge in [0, 0.05) is 0 Å². The highest BCUT2D eigenvalue weighted by Crippen LogP contribution is 2.11. The summed E-state index contributed by atoms with van der Waals surface area (Å²) in [6, 6.07) is 9.87. The fourth-order valence-corrected chi connectivity index (χ4v) is 0.887. The number of benzene rings is 1. The van der Waals surface area contributed by atoms with Crippen LogP contribution < -0.4 is 0 Å². The molecule has 1 aromatic rings. The third kappa shape index (κ3) is 2.49. The van der Waals surface area contributed by atoms with Gasteiger partial charge in [-0.15, -0.1) is 0 Å². The third-order valence-corrected chi connectivity index (χ3v) is 1.53. The molecule has 0 N–H and O–H groups in total. The second-order valence-electron chi connectivity index (χ2n) is 2.40. The molecule has 2 nitrogen and oxygen atoms in total. The Morgan fingerprint density at radius 1 is 1.33 bits per heavy atom. The van der Waals surface area contributed by atoms with Gasteiger partial charge in [-0.25, -0.2) is 9.78 Å². The largest absolute Gasteiger partial charge is 0.240 e. The summed E-state index contributed by atoms with van der Waals surface area (Å²) in [6.07, 6.45) is 0. The van der Waals surface area contributed by atoms with Crippen molar-refractivity contribution in [2.45, 2.75) is 0 Å². The molecule has 0 amide bonds. The standard InChI is InChI=1S/C10H12O2/c1-9(8-12-11-2)10-6-4-3-5-7-10/h3-7H,1,8H2,2H3. The molecule has 12 heavy (non-hydrogen) atoms. The summed E-state index contributed by atoms with van der Waals surface area (Å²) in [7, 11) is 1.48. The Labute approximate surface area is 72.4 Å². The van der Waals surface area contributed by atoms with Crippen LogP contribution in [-0.2, 0) is 9.78 Å². The minimum absolute atomic E-state index is 0.403. The van der Waals surface area contributed by atoms with Crippen molar-refractivity contribution in [3.05, 3.63) is 42.5 Å². The van der Waals surface area contributed by atoms with E-state index >= 15 is 0 Å². The highest BCUT2D eigenvalue weighted by atomic mass is 17.2. The highest BCUT2D eigenvalue weighted by Gasteiger charge is 1.96. The van der Waals surface area contributed by atoms with E-state index < -0.39 is 0 Å². The second kappa shape index (κ2) is 4.70. The minimum atomic E-state index is 0.403. The van der Waals surface area contributed by atoms with Crippen molar-refractivity contribution >= 4 is 5.57 Å². The van der Waals surface area contributed by atoms with Crippen LogP contribution in [0.5, 0.6) is 0 Å². The fourth-order valence-electron chi connectivity index (χ4n) is 0.887. The summed E-state index contributed by atoms with van der Waals surface area (Å²) in [5.41, 5.74) is 1.99. The zero-order valence-corrected chi connectivity index (χ0v) is 7.12. The molecule has 0 aromatic heterocycles. The van der Waals surface area contributed by atoms with E-state index in [0.29, 0.717) is 6.61 Å². The van der Waals surface area contributed by atoms with Gasteiger partial charge in [0.15, 0.2) is 0 Å². The average molecular weight is 164 g/mol. The van der Waals surface area contributed by atoms with Crippen LogP contribution >= 0.6 is 0 Å². The zero-order valence-electron chi connectivity index (χ0n) is 7.12. The molecule has 1 aromatic carbocycles. The van der Waals surface area contributed by atoms with Crippen molar-refractivity contribution in [1.29, 1.82) is 0 Å². The molecule has 0 aliphatic carbocycles. The van der Waals surface area contributed by atoms with Crippen LogP contribution in [-0.4, -0.2) is 13.7 Å². The predicted octanol–water partition coefficient (Wildman–Crippen LogP) is 2.28. The second-order valence-corrected chi connectivity index (χ2v) is 2.40. The molecule has 0 unspecified atom stereocenters. The van der Waals surface area contributed by atoms with E-state index in [1.165, 1.54) is 7.11 Å². The van der Waals surface area contributed by atoms with E-state index in [1.807, 2.05) is 30.3 Å². The summed E-state index contributed by atoms with van der Waals surface area (Å²) in [5, 5.41) is 0. The molecule has 0 spiro atoms. The monoisotopic (exact) mass is 164 g/mol. The van der Waals surface area contributed by atoms with Crippen molar-refractivity contribution in [2.24, 2.45) is 0 Å². The molecule has 2 heteroatoms. The summed E-state index contributed by atoms with van der Waals surface area (Å²) < 4.78 is 0. The van der Waals surface area contributed by atoms with Crippen LogP contribution in [0.25, 0.3) is 5.57 Å². The molecule has 0 saturated carbocycles. The van der Waals surface area contributed by atoms with Gasteiger partial charge in [-0.05, 0) is 11.1 Å². The van der Waals surface area contributed by atoms with Crippen LogP contribution in [0, 0.1) is 0 Å². The topological polar surface area (TPSA) is 18.5 Å². The average Bonchev–Trinajstić information content (AvgIpc) is 2.15. The van der Waals surface area contributed by atoms with E-state index in [9.17, 15) is 0 Å². The first-order chi connectivity index (χ1) is 5.84. The molecule has 0 aliphatic rings. The van der Waals surface area contributed by atoms with Gasteiger partial charge in [0.05, 0.1) is 7.11 Å². The summed E-state index contributed by atoms with van der Waals surface area (Å²) >= 11 is 0. The molecule has 0 bridgehead atoms. The van der Waals surface area contributed by atoms with E-state index in [4.69, 9.17) is 4.89 Å².